The number of carbonyl (C=O) groups is 1. The molecule has 0 spiro atoms. The Hall–Kier alpha value is -1.96. The van der Waals surface area contributed by atoms with E-state index in [9.17, 15) is 4.79 Å². The van der Waals surface area contributed by atoms with Crippen LogP contribution in [0.25, 0.3) is 11.1 Å². The lowest BCUT2D eigenvalue weighted by molar-refractivity contribution is 0.112. The molecule has 74 valence electrons. The highest BCUT2D eigenvalue weighted by molar-refractivity contribution is 5.88. The molecule has 1 heterocycles. The van der Waals surface area contributed by atoms with Crippen molar-refractivity contribution in [2.75, 3.05) is 0 Å². The number of aryl methyl sites for hydroxylation is 1. The topological polar surface area (TPSA) is 30.0 Å². The average molecular weight is 197 g/mol. The van der Waals surface area contributed by atoms with E-state index in [-0.39, 0.29) is 0 Å². The van der Waals surface area contributed by atoms with Crippen LogP contribution in [0.3, 0.4) is 0 Å². The zero-order valence-corrected chi connectivity index (χ0v) is 8.47. The van der Waals surface area contributed by atoms with Gasteiger partial charge in [-0.3, -0.25) is 9.78 Å². The summed E-state index contributed by atoms with van der Waals surface area (Å²) in [5.74, 6) is 0. The van der Waals surface area contributed by atoms with Gasteiger partial charge in [-0.15, -0.1) is 0 Å². The van der Waals surface area contributed by atoms with Crippen molar-refractivity contribution in [1.82, 2.24) is 4.98 Å². The molecule has 2 heteroatoms. The summed E-state index contributed by atoms with van der Waals surface area (Å²) in [7, 11) is 0. The number of nitrogens with zero attached hydrogens (tertiary/aromatic N) is 1. The summed E-state index contributed by atoms with van der Waals surface area (Å²) in [6.45, 7) is 1.89. The van der Waals surface area contributed by atoms with Crippen molar-refractivity contribution in [2.45, 2.75) is 6.92 Å². The molecule has 0 unspecified atom stereocenters. The fourth-order valence-corrected chi connectivity index (χ4v) is 1.58. The van der Waals surface area contributed by atoms with Gasteiger partial charge >= 0.3 is 0 Å². The maximum absolute atomic E-state index is 11.0. The number of aldehydes is 1. The number of aromatic nitrogens is 1. The molecule has 0 amide bonds. The Labute approximate surface area is 88.6 Å². The third-order valence-corrected chi connectivity index (χ3v) is 2.39. The van der Waals surface area contributed by atoms with Crippen molar-refractivity contribution in [2.24, 2.45) is 0 Å². The molecule has 2 nitrogen and oxygen atoms in total. The lowest BCUT2D eigenvalue weighted by Gasteiger charge is -2.06. The highest BCUT2D eigenvalue weighted by atomic mass is 16.1. The van der Waals surface area contributed by atoms with Gasteiger partial charge in [-0.1, -0.05) is 30.3 Å². The monoisotopic (exact) mass is 197 g/mol. The lowest BCUT2D eigenvalue weighted by atomic mass is 10.00. The zero-order chi connectivity index (χ0) is 10.7. The fraction of sp³-hybridized carbons (Fsp3) is 0.0769. The highest BCUT2D eigenvalue weighted by Gasteiger charge is 2.06. The Bertz CT molecular complexity index is 477. The molecule has 0 aliphatic rings. The molecule has 0 bridgehead atoms. The lowest BCUT2D eigenvalue weighted by Crippen LogP contribution is -1.93. The molecule has 0 N–H and O–H groups in total. The smallest absolute Gasteiger partial charge is 0.151 e. The third kappa shape index (κ3) is 1.79. The first-order chi connectivity index (χ1) is 7.33. The van der Waals surface area contributed by atoms with E-state index in [0.717, 1.165) is 28.5 Å². The van der Waals surface area contributed by atoms with Crippen LogP contribution in [0, 0.1) is 6.92 Å². The molecule has 2 rings (SSSR count). The second-order valence-electron chi connectivity index (χ2n) is 3.40. The van der Waals surface area contributed by atoms with Gasteiger partial charge < -0.3 is 0 Å². The normalized spacial score (nSPS) is 9.93. The molecule has 0 fully saturated rings. The molecule has 0 saturated heterocycles. The summed E-state index contributed by atoms with van der Waals surface area (Å²) in [4.78, 5) is 15.1. The van der Waals surface area contributed by atoms with Crippen LogP contribution in [-0.4, -0.2) is 11.3 Å². The van der Waals surface area contributed by atoms with Crippen LogP contribution in [-0.2, 0) is 0 Å². The van der Waals surface area contributed by atoms with Crippen molar-refractivity contribution in [3.63, 3.8) is 0 Å². The second kappa shape index (κ2) is 4.05. The number of pyridine rings is 1. The molecular weight excluding hydrogens is 186 g/mol. The van der Waals surface area contributed by atoms with Crippen molar-refractivity contribution in [3.05, 3.63) is 53.9 Å². The Morgan fingerprint density at radius 1 is 1.13 bits per heavy atom. The third-order valence-electron chi connectivity index (χ3n) is 2.39. The van der Waals surface area contributed by atoms with Crippen LogP contribution in [0.15, 0.2) is 42.7 Å². The van der Waals surface area contributed by atoms with E-state index in [1.807, 2.05) is 37.3 Å². The Morgan fingerprint density at radius 2 is 1.87 bits per heavy atom. The summed E-state index contributed by atoms with van der Waals surface area (Å²) >= 11 is 0. The van der Waals surface area contributed by atoms with E-state index in [1.165, 1.54) is 0 Å². The molecule has 0 aliphatic heterocycles. The molecule has 15 heavy (non-hydrogen) atoms. The van der Waals surface area contributed by atoms with Gasteiger partial charge in [0.05, 0.1) is 0 Å². The van der Waals surface area contributed by atoms with Crippen LogP contribution >= 0.6 is 0 Å². The molecule has 0 aliphatic carbocycles. The maximum Gasteiger partial charge on any atom is 0.151 e. The number of hydrogen-bond acceptors (Lipinski definition) is 2. The molecule has 0 saturated carbocycles. The molecular formula is C13H11NO. The summed E-state index contributed by atoms with van der Waals surface area (Å²) in [5, 5.41) is 0. The van der Waals surface area contributed by atoms with Gasteiger partial charge in [0.1, 0.15) is 0 Å². The van der Waals surface area contributed by atoms with E-state index in [4.69, 9.17) is 0 Å². The molecule has 1 aromatic heterocycles. The first-order valence-electron chi connectivity index (χ1n) is 4.78. The van der Waals surface area contributed by atoms with Crippen molar-refractivity contribution in [3.8, 4) is 11.1 Å². The molecule has 0 atom stereocenters. The van der Waals surface area contributed by atoms with E-state index in [1.54, 1.807) is 12.4 Å². The number of hydrogen-bond donors (Lipinski definition) is 0. The van der Waals surface area contributed by atoms with E-state index >= 15 is 0 Å². The first kappa shape index (κ1) is 9.59. The number of rotatable bonds is 2. The van der Waals surface area contributed by atoms with Gasteiger partial charge in [-0.2, -0.15) is 0 Å². The minimum absolute atomic E-state index is 0.719. The van der Waals surface area contributed by atoms with Gasteiger partial charge in [0, 0.05) is 23.5 Å². The second-order valence-corrected chi connectivity index (χ2v) is 3.40. The van der Waals surface area contributed by atoms with Crippen LogP contribution in [0.1, 0.15) is 15.9 Å². The summed E-state index contributed by atoms with van der Waals surface area (Å²) < 4.78 is 0. The van der Waals surface area contributed by atoms with Crippen molar-refractivity contribution < 1.29 is 4.79 Å². The summed E-state index contributed by atoms with van der Waals surface area (Å²) in [6, 6.07) is 9.80. The predicted octanol–water partition coefficient (Wildman–Crippen LogP) is 2.87. The van der Waals surface area contributed by atoms with Crippen molar-refractivity contribution in [1.29, 1.82) is 0 Å². The van der Waals surface area contributed by atoms with Gasteiger partial charge in [0.25, 0.3) is 0 Å². The van der Waals surface area contributed by atoms with Crippen LogP contribution in [0.4, 0.5) is 0 Å². The molecule has 1 aromatic carbocycles. The van der Waals surface area contributed by atoms with Crippen LogP contribution in [0.2, 0.25) is 0 Å². The highest BCUT2D eigenvalue weighted by Crippen LogP contribution is 2.23. The number of benzene rings is 1. The Kier molecular flexibility index (Phi) is 2.59. The van der Waals surface area contributed by atoms with Gasteiger partial charge in [0.15, 0.2) is 6.29 Å². The summed E-state index contributed by atoms with van der Waals surface area (Å²) in [6.07, 6.45) is 4.32. The van der Waals surface area contributed by atoms with Crippen LogP contribution < -0.4 is 0 Å². The van der Waals surface area contributed by atoms with Gasteiger partial charge in [-0.05, 0) is 18.1 Å². The van der Waals surface area contributed by atoms with E-state index in [2.05, 4.69) is 4.98 Å². The number of carbonyl (C=O) groups excluding carboxylic acids is 1. The van der Waals surface area contributed by atoms with Gasteiger partial charge in [0.2, 0.25) is 0 Å². The predicted molar refractivity (Wildman–Crippen MR) is 59.8 cm³/mol. The Morgan fingerprint density at radius 3 is 2.53 bits per heavy atom. The van der Waals surface area contributed by atoms with Crippen LogP contribution in [0.5, 0.6) is 0 Å². The summed E-state index contributed by atoms with van der Waals surface area (Å²) in [5.41, 5.74) is 3.55. The standard InChI is InChI=1S/C13H11NO/c1-10-7-14-8-12(13(10)9-15)11-5-3-2-4-6-11/h2-9H,1H3. The van der Waals surface area contributed by atoms with Crippen molar-refractivity contribution >= 4 is 6.29 Å². The maximum atomic E-state index is 11.0. The zero-order valence-electron chi connectivity index (χ0n) is 8.47. The minimum atomic E-state index is 0.719. The van der Waals surface area contributed by atoms with E-state index < -0.39 is 0 Å². The van der Waals surface area contributed by atoms with E-state index in [0.29, 0.717) is 0 Å². The van der Waals surface area contributed by atoms with Gasteiger partial charge in [-0.25, -0.2) is 0 Å². The largest absolute Gasteiger partial charge is 0.298 e. The molecule has 2 aromatic rings. The minimum Gasteiger partial charge on any atom is -0.298 e. The average Bonchev–Trinajstić information content (AvgIpc) is 2.30. The molecule has 0 radical (unpaired) electrons. The first-order valence-corrected chi connectivity index (χ1v) is 4.78. The fourth-order valence-electron chi connectivity index (χ4n) is 1.58. The SMILES string of the molecule is Cc1cncc(-c2ccccc2)c1C=O. The Balaban J connectivity index is 2.63. The quantitative estimate of drug-likeness (QED) is 0.693.